The molecule has 0 bridgehead atoms. The number of allylic oxidation sites excluding steroid dienone is 1. The minimum absolute atomic E-state index is 0.542. The average molecular weight is 278 g/mol. The van der Waals surface area contributed by atoms with Gasteiger partial charge in [0.15, 0.2) is 0 Å². The van der Waals surface area contributed by atoms with E-state index >= 15 is 0 Å². The normalized spacial score (nSPS) is 14.8. The van der Waals surface area contributed by atoms with E-state index < -0.39 is 18.3 Å². The van der Waals surface area contributed by atoms with Gasteiger partial charge < -0.3 is 15.3 Å². The van der Waals surface area contributed by atoms with Crippen LogP contribution < -0.4 is 0 Å². The predicted molar refractivity (Wildman–Crippen MR) is 81.8 cm³/mol. The Bertz CT molecular complexity index is 379. The first-order chi connectivity index (χ1) is 9.61. The zero-order chi connectivity index (χ0) is 15.2. The Hall–Kier alpha value is -1.26. The number of aliphatic hydroxyl groups is 3. The number of hydrogen-bond donors (Lipinski definition) is 3. The molecule has 0 fully saturated rings. The summed E-state index contributed by atoms with van der Waals surface area (Å²) < 4.78 is 0. The second-order valence-corrected chi connectivity index (χ2v) is 4.68. The minimum atomic E-state index is -1.14. The van der Waals surface area contributed by atoms with Crippen LogP contribution in [0.5, 0.6) is 0 Å². The van der Waals surface area contributed by atoms with Crippen molar-refractivity contribution < 1.29 is 15.3 Å². The molecular formula is C17H26O3. The fraction of sp³-hybridized carbons (Fsp3) is 0.647. The van der Waals surface area contributed by atoms with Gasteiger partial charge in [0.05, 0.1) is 0 Å². The SMILES string of the molecule is CCCCCC/C=C/[C@H](O)[C@@H](O)C#CC#C[C@@H](O)CC. The number of rotatable bonds is 8. The van der Waals surface area contributed by atoms with E-state index in [9.17, 15) is 15.3 Å². The Morgan fingerprint density at radius 3 is 2.30 bits per heavy atom. The molecular weight excluding hydrogens is 252 g/mol. The first kappa shape index (κ1) is 18.7. The van der Waals surface area contributed by atoms with Crippen molar-refractivity contribution in [3.63, 3.8) is 0 Å². The molecule has 3 atom stereocenters. The number of hydrogen-bond acceptors (Lipinski definition) is 3. The summed E-state index contributed by atoms with van der Waals surface area (Å²) >= 11 is 0. The highest BCUT2D eigenvalue weighted by Crippen LogP contribution is 2.04. The fourth-order valence-electron chi connectivity index (χ4n) is 1.45. The van der Waals surface area contributed by atoms with Crippen molar-refractivity contribution in [2.24, 2.45) is 0 Å². The van der Waals surface area contributed by atoms with Gasteiger partial charge >= 0.3 is 0 Å². The topological polar surface area (TPSA) is 60.7 Å². The van der Waals surface area contributed by atoms with Crippen LogP contribution in [0.4, 0.5) is 0 Å². The van der Waals surface area contributed by atoms with E-state index in [2.05, 4.69) is 30.6 Å². The molecule has 0 aromatic carbocycles. The van der Waals surface area contributed by atoms with Gasteiger partial charge in [-0.05, 0) is 31.1 Å². The van der Waals surface area contributed by atoms with Gasteiger partial charge in [-0.1, -0.05) is 57.1 Å². The van der Waals surface area contributed by atoms with Crippen molar-refractivity contribution in [1.29, 1.82) is 0 Å². The maximum Gasteiger partial charge on any atom is 0.145 e. The van der Waals surface area contributed by atoms with Gasteiger partial charge in [0.25, 0.3) is 0 Å². The Morgan fingerprint density at radius 2 is 1.65 bits per heavy atom. The molecule has 0 aliphatic heterocycles. The molecule has 0 aliphatic carbocycles. The summed E-state index contributed by atoms with van der Waals surface area (Å²) in [5, 5.41) is 28.4. The summed E-state index contributed by atoms with van der Waals surface area (Å²) in [5.41, 5.74) is 0. The van der Waals surface area contributed by atoms with Crippen LogP contribution in [0.2, 0.25) is 0 Å². The summed E-state index contributed by atoms with van der Waals surface area (Å²) in [6.07, 6.45) is 6.78. The molecule has 3 N–H and O–H groups in total. The zero-order valence-corrected chi connectivity index (χ0v) is 12.5. The van der Waals surface area contributed by atoms with Crippen molar-refractivity contribution in [3.05, 3.63) is 12.2 Å². The van der Waals surface area contributed by atoms with Crippen LogP contribution in [0.15, 0.2) is 12.2 Å². The van der Waals surface area contributed by atoms with Gasteiger partial charge in [0.1, 0.15) is 18.3 Å². The summed E-state index contributed by atoms with van der Waals surface area (Å²) in [5.74, 6) is 9.85. The predicted octanol–water partition coefficient (Wildman–Crippen LogP) is 2.01. The molecule has 0 saturated carbocycles. The number of unbranched alkanes of at least 4 members (excludes halogenated alkanes) is 4. The molecule has 0 aromatic rings. The van der Waals surface area contributed by atoms with Crippen molar-refractivity contribution >= 4 is 0 Å². The van der Waals surface area contributed by atoms with Gasteiger partial charge in [-0.25, -0.2) is 0 Å². The van der Waals surface area contributed by atoms with Crippen molar-refractivity contribution in [3.8, 4) is 23.7 Å². The third kappa shape index (κ3) is 10.6. The summed E-state index contributed by atoms with van der Waals surface area (Å²) in [4.78, 5) is 0. The standard InChI is InChI=1S/C17H26O3/c1-3-5-6-7-8-9-13-16(19)17(20)14-11-10-12-15(18)4-2/h9,13,15-20H,3-8H2,1-2H3/b13-9+/t15-,16-,17-/m0/s1. The molecule has 0 aliphatic rings. The molecule has 0 rings (SSSR count). The highest BCUT2D eigenvalue weighted by atomic mass is 16.3. The Labute approximate surface area is 122 Å². The smallest absolute Gasteiger partial charge is 0.145 e. The lowest BCUT2D eigenvalue weighted by Gasteiger charge is -2.06. The largest absolute Gasteiger partial charge is 0.385 e. The molecule has 0 unspecified atom stereocenters. The summed E-state index contributed by atoms with van der Waals surface area (Å²) in [6.45, 7) is 3.98. The molecule has 0 saturated heterocycles. The van der Waals surface area contributed by atoms with Gasteiger partial charge in [0, 0.05) is 0 Å². The van der Waals surface area contributed by atoms with E-state index in [1.165, 1.54) is 19.3 Å². The first-order valence-electron chi connectivity index (χ1n) is 7.33. The van der Waals surface area contributed by atoms with Crippen LogP contribution in [0, 0.1) is 23.7 Å². The van der Waals surface area contributed by atoms with Crippen LogP contribution in [-0.2, 0) is 0 Å². The lowest BCUT2D eigenvalue weighted by molar-refractivity contribution is 0.0868. The fourth-order valence-corrected chi connectivity index (χ4v) is 1.45. The van der Waals surface area contributed by atoms with Gasteiger partial charge in [-0.3, -0.25) is 0 Å². The van der Waals surface area contributed by atoms with E-state index in [1.54, 1.807) is 6.08 Å². The van der Waals surface area contributed by atoms with Gasteiger partial charge in [-0.15, -0.1) is 0 Å². The van der Waals surface area contributed by atoms with Crippen LogP contribution in [0.25, 0.3) is 0 Å². The lowest BCUT2D eigenvalue weighted by Crippen LogP contribution is -2.21. The Kier molecular flexibility index (Phi) is 12.0. The molecule has 0 radical (unpaired) electrons. The second-order valence-electron chi connectivity index (χ2n) is 4.68. The summed E-state index contributed by atoms with van der Waals surface area (Å²) in [7, 11) is 0. The molecule has 112 valence electrons. The summed E-state index contributed by atoms with van der Waals surface area (Å²) in [6, 6.07) is 0. The second kappa shape index (κ2) is 12.8. The maximum absolute atomic E-state index is 9.64. The minimum Gasteiger partial charge on any atom is -0.385 e. The average Bonchev–Trinajstić information content (AvgIpc) is 2.46. The molecule has 0 heterocycles. The van der Waals surface area contributed by atoms with Crippen LogP contribution in [0.1, 0.15) is 52.4 Å². The van der Waals surface area contributed by atoms with Crippen molar-refractivity contribution in [2.45, 2.75) is 70.7 Å². The van der Waals surface area contributed by atoms with E-state index in [1.807, 2.05) is 13.0 Å². The zero-order valence-electron chi connectivity index (χ0n) is 12.5. The first-order valence-corrected chi connectivity index (χ1v) is 7.33. The quantitative estimate of drug-likeness (QED) is 0.361. The molecule has 0 aromatic heterocycles. The van der Waals surface area contributed by atoms with Crippen LogP contribution in [0.3, 0.4) is 0 Å². The number of aliphatic hydroxyl groups excluding tert-OH is 3. The molecule has 3 heteroatoms. The lowest BCUT2D eigenvalue weighted by atomic mass is 10.1. The Balaban J connectivity index is 4.02. The third-order valence-corrected chi connectivity index (χ3v) is 2.79. The van der Waals surface area contributed by atoms with Crippen LogP contribution >= 0.6 is 0 Å². The van der Waals surface area contributed by atoms with Crippen molar-refractivity contribution in [1.82, 2.24) is 0 Å². The Morgan fingerprint density at radius 1 is 0.950 bits per heavy atom. The highest BCUT2D eigenvalue weighted by Gasteiger charge is 2.08. The maximum atomic E-state index is 9.64. The molecule has 20 heavy (non-hydrogen) atoms. The van der Waals surface area contributed by atoms with E-state index in [-0.39, 0.29) is 0 Å². The van der Waals surface area contributed by atoms with Gasteiger partial charge in [-0.2, -0.15) is 0 Å². The monoisotopic (exact) mass is 278 g/mol. The van der Waals surface area contributed by atoms with Crippen molar-refractivity contribution in [2.75, 3.05) is 0 Å². The van der Waals surface area contributed by atoms with E-state index in [0.29, 0.717) is 6.42 Å². The third-order valence-electron chi connectivity index (χ3n) is 2.79. The van der Waals surface area contributed by atoms with E-state index in [0.717, 1.165) is 12.8 Å². The molecule has 0 amide bonds. The van der Waals surface area contributed by atoms with E-state index in [4.69, 9.17) is 0 Å². The van der Waals surface area contributed by atoms with Gasteiger partial charge in [0.2, 0.25) is 0 Å². The highest BCUT2D eigenvalue weighted by molar-refractivity contribution is 5.29. The molecule has 3 nitrogen and oxygen atoms in total. The molecule has 0 spiro atoms. The van der Waals surface area contributed by atoms with Crippen LogP contribution in [-0.4, -0.2) is 33.6 Å².